The number of carbonyl (C=O) groups excluding carboxylic acids is 3. The third-order valence-corrected chi connectivity index (χ3v) is 6.91. The van der Waals surface area contributed by atoms with Crippen LogP contribution >= 0.6 is 0 Å². The zero-order valence-corrected chi connectivity index (χ0v) is 34.1. The number of hydrogen-bond donors (Lipinski definition) is 1. The van der Waals surface area contributed by atoms with E-state index < -0.39 is 46.6 Å². The van der Waals surface area contributed by atoms with Gasteiger partial charge in [-0.1, -0.05) is 18.2 Å². The third kappa shape index (κ3) is 17.2. The topological polar surface area (TPSA) is 154 Å². The van der Waals surface area contributed by atoms with Gasteiger partial charge >= 0.3 is 17.9 Å². The van der Waals surface area contributed by atoms with E-state index in [0.717, 1.165) is 0 Å². The minimum atomic E-state index is -1.22. The summed E-state index contributed by atoms with van der Waals surface area (Å²) in [5.41, 5.74) is 0.427. The van der Waals surface area contributed by atoms with Crippen LogP contribution in [0.2, 0.25) is 0 Å². The molecule has 0 bridgehead atoms. The van der Waals surface area contributed by atoms with Crippen LogP contribution in [-0.4, -0.2) is 83.3 Å². The summed E-state index contributed by atoms with van der Waals surface area (Å²) in [5, 5.41) is 10.7. The van der Waals surface area contributed by atoms with Crippen LogP contribution in [0.25, 0.3) is 0 Å². The Balaban J connectivity index is 1.88. The van der Waals surface area contributed by atoms with E-state index in [9.17, 15) is 19.5 Å². The lowest BCUT2D eigenvalue weighted by Gasteiger charge is -2.26. The molecule has 3 rings (SSSR count). The second-order valence-electron chi connectivity index (χ2n) is 17.2. The predicted molar refractivity (Wildman–Crippen MR) is 204 cm³/mol. The van der Waals surface area contributed by atoms with Gasteiger partial charge in [0.05, 0.1) is 47.2 Å². The van der Waals surface area contributed by atoms with Crippen molar-refractivity contribution < 1.29 is 38.4 Å². The molecule has 0 spiro atoms. The third-order valence-electron chi connectivity index (χ3n) is 6.91. The van der Waals surface area contributed by atoms with Crippen molar-refractivity contribution in [3.63, 3.8) is 0 Å². The summed E-state index contributed by atoms with van der Waals surface area (Å²) in [6.45, 7) is 22.7. The highest BCUT2D eigenvalue weighted by molar-refractivity contribution is 5.87. The van der Waals surface area contributed by atoms with Gasteiger partial charge in [0.25, 0.3) is 0 Å². The molecule has 0 aliphatic heterocycles. The Morgan fingerprint density at radius 2 is 0.944 bits per heavy atom. The van der Waals surface area contributed by atoms with Gasteiger partial charge in [0.15, 0.2) is 6.29 Å². The number of aliphatic hydroxyl groups excluding tert-OH is 1. The molecule has 0 radical (unpaired) electrons. The monoisotopic (exact) mass is 749 g/mol. The van der Waals surface area contributed by atoms with Gasteiger partial charge in [0, 0.05) is 26.2 Å². The Hall–Kier alpha value is -4.30. The van der Waals surface area contributed by atoms with Crippen molar-refractivity contribution in [1.82, 2.24) is 24.8 Å². The maximum atomic E-state index is 13.1. The van der Waals surface area contributed by atoms with Crippen LogP contribution in [0.5, 0.6) is 0 Å². The molecule has 0 saturated heterocycles. The van der Waals surface area contributed by atoms with Crippen LogP contribution in [-0.2, 0) is 54.7 Å². The molecule has 13 nitrogen and oxygen atoms in total. The number of esters is 3. The number of nitrogens with zero attached hydrogens (tertiary/aromatic N) is 5. The molecule has 0 aliphatic rings. The zero-order chi connectivity index (χ0) is 40.5. The molecule has 3 aromatic heterocycles. The molecule has 0 saturated carbocycles. The molecule has 296 valence electrons. The van der Waals surface area contributed by atoms with Crippen molar-refractivity contribution in [2.24, 2.45) is 0 Å². The van der Waals surface area contributed by atoms with Crippen molar-refractivity contribution in [3.8, 4) is 0 Å². The Morgan fingerprint density at radius 3 is 1.37 bits per heavy atom. The van der Waals surface area contributed by atoms with Crippen LogP contribution in [0.3, 0.4) is 0 Å². The summed E-state index contributed by atoms with van der Waals surface area (Å²) in [6.07, 6.45) is -1.22. The molecule has 0 fully saturated rings. The molecule has 0 aromatic carbocycles. The Bertz CT molecular complexity index is 1720. The van der Waals surface area contributed by atoms with E-state index in [4.69, 9.17) is 23.9 Å². The Kier molecular flexibility index (Phi) is 15.0. The molecule has 3 aromatic rings. The Labute approximate surface area is 320 Å². The summed E-state index contributed by atoms with van der Waals surface area (Å²) in [5.74, 6) is -1.36. The van der Waals surface area contributed by atoms with E-state index in [1.807, 2.05) is 96.4 Å². The first kappa shape index (κ1) is 44.1. The zero-order valence-electron chi connectivity index (χ0n) is 34.1. The molecular weight excluding hydrogens is 690 g/mol. The average Bonchev–Trinajstić information content (AvgIpc) is 2.98. The van der Waals surface area contributed by atoms with Crippen LogP contribution < -0.4 is 0 Å². The smallest absolute Gasteiger partial charge is 0.357 e. The first-order chi connectivity index (χ1) is 24.8. The maximum absolute atomic E-state index is 13.1. The first-order valence-electron chi connectivity index (χ1n) is 18.2. The second kappa shape index (κ2) is 18.4. The highest BCUT2D eigenvalue weighted by atomic mass is 16.6. The van der Waals surface area contributed by atoms with Crippen molar-refractivity contribution in [3.05, 3.63) is 88.8 Å². The van der Waals surface area contributed by atoms with Crippen molar-refractivity contribution in [2.75, 3.05) is 13.1 Å². The summed E-state index contributed by atoms with van der Waals surface area (Å²) < 4.78 is 22.5. The normalized spacial score (nSPS) is 13.2. The van der Waals surface area contributed by atoms with E-state index in [0.29, 0.717) is 28.5 Å². The molecule has 0 amide bonds. The number of rotatable bonds is 15. The summed E-state index contributed by atoms with van der Waals surface area (Å²) >= 11 is 0. The number of pyridine rings is 3. The minimum absolute atomic E-state index is 0.0411. The van der Waals surface area contributed by atoms with E-state index in [-0.39, 0.29) is 45.0 Å². The van der Waals surface area contributed by atoms with Gasteiger partial charge in [0.2, 0.25) is 0 Å². The fourth-order valence-electron chi connectivity index (χ4n) is 5.20. The van der Waals surface area contributed by atoms with Crippen molar-refractivity contribution in [2.45, 2.75) is 138 Å². The lowest BCUT2D eigenvalue weighted by Crippen LogP contribution is -2.35. The van der Waals surface area contributed by atoms with E-state index in [2.05, 4.69) is 9.97 Å². The fourth-order valence-corrected chi connectivity index (χ4v) is 5.20. The van der Waals surface area contributed by atoms with E-state index in [1.54, 1.807) is 51.1 Å². The molecule has 1 atom stereocenters. The summed E-state index contributed by atoms with van der Waals surface area (Å²) in [4.78, 5) is 56.6. The van der Waals surface area contributed by atoms with Gasteiger partial charge < -0.3 is 24.1 Å². The number of carbonyl (C=O) groups is 3. The molecule has 1 N–H and O–H groups in total. The molecule has 3 heterocycles. The van der Waals surface area contributed by atoms with Gasteiger partial charge in [0.1, 0.15) is 22.5 Å². The molecule has 1 unspecified atom stereocenters. The van der Waals surface area contributed by atoms with Gasteiger partial charge in [-0.05, 0) is 119 Å². The summed E-state index contributed by atoms with van der Waals surface area (Å²) in [7, 11) is 0. The quantitative estimate of drug-likeness (QED) is 0.105. The van der Waals surface area contributed by atoms with Crippen LogP contribution in [0.15, 0.2) is 54.6 Å². The van der Waals surface area contributed by atoms with E-state index in [1.165, 1.54) is 0 Å². The van der Waals surface area contributed by atoms with Gasteiger partial charge in [-0.15, -0.1) is 0 Å². The fraction of sp³-hybridized carbons (Fsp3) is 0.561. The van der Waals surface area contributed by atoms with Gasteiger partial charge in [-0.25, -0.2) is 9.78 Å². The lowest BCUT2D eigenvalue weighted by molar-refractivity contribution is -0.171. The van der Waals surface area contributed by atoms with E-state index >= 15 is 0 Å². The first-order valence-corrected chi connectivity index (χ1v) is 18.2. The van der Waals surface area contributed by atoms with Crippen molar-refractivity contribution in [1.29, 1.82) is 0 Å². The standard InChI is InChI=1S/C41H59N5O8/c1-38(2,3)51-34(47)26-45(24-30-18-14-20-32(43-30)36(49)53-40(7,8)9)22-28-16-13-17-29(42-28)23-46(27-35(48)52-39(4,5)6)25-31-19-15-21-33(44-31)37(50)54-41(10,11)12/h13-21,36,49H,22-27H2,1-12H3. The number of aliphatic hydroxyl groups is 1. The highest BCUT2D eigenvalue weighted by Gasteiger charge is 2.25. The number of hydrogen-bond acceptors (Lipinski definition) is 13. The average molecular weight is 750 g/mol. The minimum Gasteiger partial charge on any atom is -0.459 e. The SMILES string of the molecule is CC(C)(C)OC(=O)CN(Cc1cccc(CN(CC(=O)OC(C)(C)C)Cc2cccc(C(O)OC(C)(C)C)n2)n1)Cc1cccc(C(=O)OC(C)(C)C)n1. The van der Waals surface area contributed by atoms with Gasteiger partial charge in [-0.2, -0.15) is 0 Å². The molecule has 0 aliphatic carbocycles. The molecule has 54 heavy (non-hydrogen) atoms. The van der Waals surface area contributed by atoms with Crippen LogP contribution in [0.1, 0.15) is 128 Å². The Morgan fingerprint density at radius 1 is 0.556 bits per heavy atom. The predicted octanol–water partition coefficient (Wildman–Crippen LogP) is 6.32. The van der Waals surface area contributed by atoms with Crippen molar-refractivity contribution >= 4 is 17.9 Å². The maximum Gasteiger partial charge on any atom is 0.357 e. The van der Waals surface area contributed by atoms with Gasteiger partial charge in [-0.3, -0.25) is 29.4 Å². The highest BCUT2D eigenvalue weighted by Crippen LogP contribution is 2.21. The molecular formula is C41H59N5O8. The number of ether oxygens (including phenoxy) is 4. The molecule has 13 heteroatoms. The summed E-state index contributed by atoms with van der Waals surface area (Å²) in [6, 6.07) is 16.0. The second-order valence-corrected chi connectivity index (χ2v) is 17.2. The van der Waals surface area contributed by atoms with Crippen LogP contribution in [0.4, 0.5) is 0 Å². The lowest BCUT2D eigenvalue weighted by atomic mass is 10.2. The number of aromatic nitrogens is 3. The van der Waals surface area contributed by atoms with Crippen LogP contribution in [0, 0.1) is 0 Å². The largest absolute Gasteiger partial charge is 0.459 e.